The molecule has 0 aliphatic carbocycles. The van der Waals surface area contributed by atoms with Crippen molar-refractivity contribution in [2.24, 2.45) is 0 Å². The van der Waals surface area contributed by atoms with Crippen LogP contribution in [-0.4, -0.2) is 56.6 Å². The van der Waals surface area contributed by atoms with E-state index in [-0.39, 0.29) is 22.9 Å². The average Bonchev–Trinajstić information content (AvgIpc) is 3.13. The van der Waals surface area contributed by atoms with E-state index in [0.717, 1.165) is 4.88 Å². The van der Waals surface area contributed by atoms with Gasteiger partial charge in [0.1, 0.15) is 4.90 Å². The highest BCUT2D eigenvalue weighted by Gasteiger charge is 2.30. The fourth-order valence-corrected chi connectivity index (χ4v) is 7.55. The van der Waals surface area contributed by atoms with E-state index < -0.39 is 20.0 Å². The smallest absolute Gasteiger partial charge is 0.245 e. The highest BCUT2D eigenvalue weighted by Crippen LogP contribution is 2.33. The molecule has 0 aliphatic rings. The lowest BCUT2D eigenvalue weighted by Gasteiger charge is -2.24. The minimum Gasteiger partial charge on any atom is -0.379 e. The topological polar surface area (TPSA) is 99.7 Å². The van der Waals surface area contributed by atoms with E-state index in [1.54, 1.807) is 40.8 Å². The van der Waals surface area contributed by atoms with Crippen molar-refractivity contribution < 1.29 is 16.8 Å². The van der Waals surface area contributed by atoms with E-state index in [9.17, 15) is 16.8 Å². The number of nitrogens with zero attached hydrogens (tertiary/aromatic N) is 3. The van der Waals surface area contributed by atoms with Crippen molar-refractivity contribution >= 4 is 48.7 Å². The Hall–Kier alpha value is -1.24. The van der Waals surface area contributed by atoms with Gasteiger partial charge in [0, 0.05) is 37.3 Å². The molecule has 2 aromatic rings. The van der Waals surface area contributed by atoms with E-state index >= 15 is 0 Å². The quantitative estimate of drug-likeness (QED) is 0.496. The van der Waals surface area contributed by atoms with Gasteiger partial charge in [-0.2, -0.15) is 8.61 Å². The minimum absolute atomic E-state index is 0.0363. The Morgan fingerprint density at radius 2 is 1.52 bits per heavy atom. The third-order valence-corrected chi connectivity index (χ3v) is 10.1. The van der Waals surface area contributed by atoms with Crippen LogP contribution < -0.4 is 5.32 Å². The van der Waals surface area contributed by atoms with E-state index in [1.807, 2.05) is 0 Å². The molecule has 1 aromatic carbocycles. The number of hydrogen-bond donors (Lipinski definition) is 1. The van der Waals surface area contributed by atoms with Gasteiger partial charge in [-0.3, -0.25) is 0 Å². The number of aryl methyl sites for hydroxylation is 1. The molecule has 0 fully saturated rings. The third-order valence-electron chi connectivity index (χ3n) is 4.90. The Bertz CT molecular complexity index is 1110. The van der Waals surface area contributed by atoms with Gasteiger partial charge in [-0.05, 0) is 24.6 Å². The summed E-state index contributed by atoms with van der Waals surface area (Å²) < 4.78 is 56.1. The summed E-state index contributed by atoms with van der Waals surface area (Å²) >= 11 is 7.18. The molecule has 174 valence electrons. The van der Waals surface area contributed by atoms with Gasteiger partial charge in [-0.25, -0.2) is 21.8 Å². The van der Waals surface area contributed by atoms with Crippen LogP contribution in [0.4, 0.5) is 5.69 Å². The molecule has 1 heterocycles. The summed E-state index contributed by atoms with van der Waals surface area (Å²) in [7, 11) is -7.75. The number of hydrogen-bond acceptors (Lipinski definition) is 7. The van der Waals surface area contributed by atoms with Crippen LogP contribution in [0.2, 0.25) is 4.47 Å². The van der Waals surface area contributed by atoms with Crippen molar-refractivity contribution in [1.82, 2.24) is 13.6 Å². The van der Waals surface area contributed by atoms with Crippen LogP contribution in [0.3, 0.4) is 0 Å². The summed E-state index contributed by atoms with van der Waals surface area (Å²) in [6.45, 7) is 10.1. The van der Waals surface area contributed by atoms with Crippen LogP contribution in [-0.2, 0) is 26.6 Å². The molecule has 0 spiro atoms. The first kappa shape index (κ1) is 26.0. The second-order valence-electron chi connectivity index (χ2n) is 6.73. The third kappa shape index (κ3) is 5.58. The fraction of sp³-hybridized carbons (Fsp3) is 0.526. The van der Waals surface area contributed by atoms with Gasteiger partial charge >= 0.3 is 0 Å². The number of rotatable bonds is 11. The van der Waals surface area contributed by atoms with Crippen LogP contribution in [0.1, 0.15) is 38.1 Å². The minimum atomic E-state index is -3.93. The zero-order valence-corrected chi connectivity index (χ0v) is 21.6. The first-order valence-corrected chi connectivity index (χ1v) is 14.1. The molecule has 0 radical (unpaired) electrons. The molecule has 2 rings (SSSR count). The van der Waals surface area contributed by atoms with Crippen molar-refractivity contribution in [1.29, 1.82) is 0 Å². The molecule has 0 amide bonds. The largest absolute Gasteiger partial charge is 0.379 e. The second kappa shape index (κ2) is 10.6. The maximum Gasteiger partial charge on any atom is 0.245 e. The van der Waals surface area contributed by atoms with E-state index in [4.69, 9.17) is 11.6 Å². The van der Waals surface area contributed by atoms with E-state index in [1.165, 1.54) is 32.1 Å². The van der Waals surface area contributed by atoms with Crippen LogP contribution in [0.15, 0.2) is 28.1 Å². The summed E-state index contributed by atoms with van der Waals surface area (Å²) in [4.78, 5) is 4.73. The molecule has 0 saturated carbocycles. The number of aromatic nitrogens is 1. The Labute approximate surface area is 194 Å². The lowest BCUT2D eigenvalue weighted by Crippen LogP contribution is -2.33. The number of thiazole rings is 1. The highest BCUT2D eigenvalue weighted by molar-refractivity contribution is 7.90. The zero-order valence-electron chi connectivity index (χ0n) is 18.3. The van der Waals surface area contributed by atoms with Crippen LogP contribution in [0.5, 0.6) is 0 Å². The average molecular weight is 509 g/mol. The normalized spacial score (nSPS) is 12.6. The van der Waals surface area contributed by atoms with Gasteiger partial charge in [0.05, 0.1) is 17.1 Å². The molecule has 0 aliphatic heterocycles. The monoisotopic (exact) mass is 508 g/mol. The lowest BCUT2D eigenvalue weighted by atomic mass is 10.2. The van der Waals surface area contributed by atoms with Crippen LogP contribution in [0.25, 0.3) is 0 Å². The summed E-state index contributed by atoms with van der Waals surface area (Å²) in [5.74, 6) is 0. The molecular formula is C19H29ClN4O4S3. The molecule has 1 N–H and O–H groups in total. The molecule has 0 bridgehead atoms. The van der Waals surface area contributed by atoms with Gasteiger partial charge in [0.15, 0.2) is 4.47 Å². The summed E-state index contributed by atoms with van der Waals surface area (Å²) in [6, 6.07) is 2.77. The Balaban J connectivity index is 2.66. The SMILES string of the molecule is CCN(CC)S(=O)(=O)c1cc(C)c(NCc2cnc(Cl)s2)c(S(=O)(=O)N(CC)CC)c1. The van der Waals surface area contributed by atoms with Gasteiger partial charge in [-0.15, -0.1) is 11.3 Å². The summed E-state index contributed by atoms with van der Waals surface area (Å²) in [5.41, 5.74) is 0.893. The van der Waals surface area contributed by atoms with Crippen molar-refractivity contribution in [2.45, 2.75) is 51.0 Å². The van der Waals surface area contributed by atoms with E-state index in [0.29, 0.717) is 35.4 Å². The Morgan fingerprint density at radius 3 is 2.00 bits per heavy atom. The highest BCUT2D eigenvalue weighted by atomic mass is 35.5. The molecule has 12 heteroatoms. The van der Waals surface area contributed by atoms with Gasteiger partial charge in [-0.1, -0.05) is 39.3 Å². The number of anilines is 1. The van der Waals surface area contributed by atoms with Gasteiger partial charge in [0.25, 0.3) is 0 Å². The standard InChI is InChI=1S/C19H29ClN4O4S3/c1-6-23(7-2)30(25,26)16-10-14(5)18(21-12-15-13-22-19(20)29-15)17(11-16)31(27,28)24(8-3)9-4/h10-11,13,21H,6-9,12H2,1-5H3. The zero-order chi connectivity index (χ0) is 23.4. The fourth-order valence-electron chi connectivity index (χ4n) is 3.26. The number of halogens is 1. The van der Waals surface area contributed by atoms with Gasteiger partial charge < -0.3 is 5.32 Å². The lowest BCUT2D eigenvalue weighted by molar-refractivity contribution is 0.443. The first-order valence-electron chi connectivity index (χ1n) is 10.0. The van der Waals surface area contributed by atoms with Crippen molar-refractivity contribution in [3.63, 3.8) is 0 Å². The summed E-state index contributed by atoms with van der Waals surface area (Å²) in [5, 5.41) is 3.15. The second-order valence-corrected chi connectivity index (χ2v) is 12.3. The Morgan fingerprint density at radius 1 is 0.968 bits per heavy atom. The predicted octanol–water partition coefficient (Wildman–Crippen LogP) is 3.78. The number of nitrogens with one attached hydrogen (secondary N) is 1. The van der Waals surface area contributed by atoms with Gasteiger partial charge in [0.2, 0.25) is 20.0 Å². The number of sulfonamides is 2. The molecule has 31 heavy (non-hydrogen) atoms. The summed E-state index contributed by atoms with van der Waals surface area (Å²) in [6.07, 6.45) is 1.62. The van der Waals surface area contributed by atoms with E-state index in [2.05, 4.69) is 10.3 Å². The molecule has 8 nitrogen and oxygen atoms in total. The van der Waals surface area contributed by atoms with Crippen LogP contribution >= 0.6 is 22.9 Å². The maximum absolute atomic E-state index is 13.4. The first-order chi connectivity index (χ1) is 14.5. The van der Waals surface area contributed by atoms with Crippen molar-refractivity contribution in [3.8, 4) is 0 Å². The molecule has 0 unspecified atom stereocenters. The Kier molecular flexibility index (Phi) is 8.88. The molecule has 1 aromatic heterocycles. The van der Waals surface area contributed by atoms with Crippen molar-refractivity contribution in [2.75, 3.05) is 31.5 Å². The molecule has 0 saturated heterocycles. The molecule has 0 atom stereocenters. The molecular weight excluding hydrogens is 480 g/mol. The maximum atomic E-state index is 13.4. The van der Waals surface area contributed by atoms with Crippen molar-refractivity contribution in [3.05, 3.63) is 33.2 Å². The number of benzene rings is 1. The van der Waals surface area contributed by atoms with Crippen LogP contribution in [0, 0.1) is 6.92 Å². The predicted molar refractivity (Wildman–Crippen MR) is 126 cm³/mol.